The summed E-state index contributed by atoms with van der Waals surface area (Å²) in [5.41, 5.74) is 5.17. The predicted octanol–water partition coefficient (Wildman–Crippen LogP) is 12.8. The summed E-state index contributed by atoms with van der Waals surface area (Å²) in [6.45, 7) is 6.80. The molecule has 13 rings (SSSR count). The van der Waals surface area contributed by atoms with E-state index in [1.807, 2.05) is 115 Å². The van der Waals surface area contributed by atoms with E-state index >= 15 is 0 Å². The molecule has 7 aromatic carbocycles. The molecule has 7 aromatic rings. The fourth-order valence-electron chi connectivity index (χ4n) is 11.9. The van der Waals surface area contributed by atoms with Crippen molar-refractivity contribution in [2.45, 2.75) is 171 Å². The first kappa shape index (κ1) is 82.2. The number of rotatable bonds is 24. The van der Waals surface area contributed by atoms with Gasteiger partial charge in [-0.15, -0.1) is 0 Å². The molecule has 550 valence electrons. The van der Waals surface area contributed by atoms with Crippen LogP contribution >= 0.6 is 40.4 Å². The number of thiocarbonyl (C=S) groups is 2. The first-order valence-electron chi connectivity index (χ1n) is 34.8. The highest BCUT2D eigenvalue weighted by Gasteiger charge is 2.35. The molecule has 0 atom stereocenters. The highest BCUT2D eigenvalue weighted by Crippen LogP contribution is 2.35. The number of ether oxygens (including phenoxy) is 7. The molecule has 19 nitrogen and oxygen atoms in total. The molecule has 0 bridgehead atoms. The van der Waals surface area contributed by atoms with Gasteiger partial charge < -0.3 is 79.3 Å². The summed E-state index contributed by atoms with van der Waals surface area (Å²) in [5, 5.41) is 61.5. The number of methoxy groups -OCH3 is 3. The maximum atomic E-state index is 13.8. The number of Topliss-reactive ketones (excluding diaryl/α,β-unsaturated/α-hetero) is 1. The van der Waals surface area contributed by atoms with Gasteiger partial charge in [0.25, 0.3) is 0 Å². The lowest BCUT2D eigenvalue weighted by Crippen LogP contribution is -2.51. The number of aliphatic hydroxyl groups is 1. The Kier molecular flexibility index (Phi) is 32.8. The minimum Gasteiger partial charge on any atom is -0.494 e. The Hall–Kier alpha value is -7.42. The van der Waals surface area contributed by atoms with E-state index in [1.165, 1.54) is 39.5 Å². The Bertz CT molecular complexity index is 3770. The second kappa shape index (κ2) is 41.5. The van der Waals surface area contributed by atoms with Crippen LogP contribution in [-0.4, -0.2) is 158 Å². The molecule has 6 saturated carbocycles. The summed E-state index contributed by atoms with van der Waals surface area (Å²) in [7, 11) is 2.51. The SMILES string of the molecule is CB(O)NC1CC(=O)C1.CB(O)NC1CC(O)C1.CB(O)NC1CC(Oc2ccc(Br)cc2)C1.COc1ccc(-c2ccc(OC3CC(N=C=S)C3)cc2)cc1F.COc1ccc(-c2ccc(OC3CC(N=C=S)C3)cc2)cc1F.COc1ccc(-c2ccc(OC3CC(NB(C)O)C3)cc2)cc1F. The van der Waals surface area contributed by atoms with Gasteiger partial charge in [-0.25, -0.2) is 23.2 Å². The monoisotopic (exact) mass is 1530 g/mol. The van der Waals surface area contributed by atoms with Gasteiger partial charge in [0.05, 0.1) is 49.8 Å². The second-order valence-corrected chi connectivity index (χ2v) is 27.7. The van der Waals surface area contributed by atoms with Crippen LogP contribution in [0, 0.1) is 17.5 Å². The number of isothiocyanates is 2. The number of carbonyl (C=O) groups is 1. The van der Waals surface area contributed by atoms with Gasteiger partial charge >= 0.3 is 28.2 Å². The van der Waals surface area contributed by atoms with Crippen molar-refractivity contribution in [3.8, 4) is 73.6 Å². The highest BCUT2D eigenvalue weighted by atomic mass is 79.9. The van der Waals surface area contributed by atoms with E-state index in [1.54, 1.807) is 45.5 Å². The van der Waals surface area contributed by atoms with Gasteiger partial charge in [0, 0.05) is 67.2 Å². The number of carbonyl (C=O) groups excluding carboxylic acids is 1. The second-order valence-electron chi connectivity index (χ2n) is 26.4. The fraction of sp³-hybridized carbons (Fsp3) is 0.400. The largest absolute Gasteiger partial charge is 0.494 e. The van der Waals surface area contributed by atoms with Crippen LogP contribution in [-0.2, 0) is 4.79 Å². The zero-order valence-electron chi connectivity index (χ0n) is 59.3. The van der Waals surface area contributed by atoms with Crippen LogP contribution in [0.5, 0.6) is 40.2 Å². The Morgan fingerprint density at radius 1 is 0.413 bits per heavy atom. The molecule has 0 aliphatic heterocycles. The molecular formula is C75H90B4BrF3N6O13S2. The lowest BCUT2D eigenvalue weighted by molar-refractivity contribution is -0.124. The number of aliphatic imine (C=N–C) groups is 2. The van der Waals surface area contributed by atoms with Gasteiger partial charge in [0.15, 0.2) is 34.7 Å². The molecule has 9 N–H and O–H groups in total. The summed E-state index contributed by atoms with van der Waals surface area (Å²) >= 11 is 12.6. The smallest absolute Gasteiger partial charge is 0.373 e. The average molecular weight is 1530 g/mol. The average Bonchev–Trinajstić information content (AvgIpc) is 0.841. The third kappa shape index (κ3) is 26.9. The molecule has 29 heteroatoms. The van der Waals surface area contributed by atoms with Crippen LogP contribution in [0.4, 0.5) is 13.2 Å². The van der Waals surface area contributed by atoms with E-state index in [9.17, 15) is 23.0 Å². The molecule has 0 heterocycles. The number of ketones is 1. The van der Waals surface area contributed by atoms with Gasteiger partial charge in [0.2, 0.25) is 0 Å². The summed E-state index contributed by atoms with van der Waals surface area (Å²) in [6.07, 6.45) is 10.6. The maximum absolute atomic E-state index is 13.8. The van der Waals surface area contributed by atoms with Crippen LogP contribution < -0.4 is 54.1 Å². The van der Waals surface area contributed by atoms with Crippen LogP contribution in [0.15, 0.2) is 166 Å². The quantitative estimate of drug-likeness (QED) is 0.0155. The molecule has 6 aliphatic rings. The van der Waals surface area contributed by atoms with Crippen LogP contribution in [0.2, 0.25) is 27.3 Å². The third-order valence-electron chi connectivity index (χ3n) is 17.8. The molecule has 0 spiro atoms. The normalized spacial score (nSPS) is 21.3. The number of benzene rings is 7. The Balaban J connectivity index is 0.000000163. The first-order valence-corrected chi connectivity index (χ1v) is 36.4. The van der Waals surface area contributed by atoms with Crippen molar-refractivity contribution in [3.05, 3.63) is 174 Å². The van der Waals surface area contributed by atoms with E-state index in [-0.39, 0.29) is 89.1 Å². The molecule has 6 aliphatic carbocycles. The van der Waals surface area contributed by atoms with Crippen molar-refractivity contribution >= 4 is 84.7 Å². The molecule has 0 amide bonds. The van der Waals surface area contributed by atoms with Crippen molar-refractivity contribution in [2.24, 2.45) is 9.98 Å². The van der Waals surface area contributed by atoms with Gasteiger partial charge in [-0.3, -0.25) is 4.79 Å². The summed E-state index contributed by atoms with van der Waals surface area (Å²) in [6, 6.07) is 47.3. The Morgan fingerprint density at radius 2 is 0.673 bits per heavy atom. The highest BCUT2D eigenvalue weighted by molar-refractivity contribution is 9.10. The topological polar surface area (TPSA) is 256 Å². The van der Waals surface area contributed by atoms with Gasteiger partial charge in [-0.2, -0.15) is 0 Å². The number of aliphatic hydroxyl groups excluding tert-OH is 1. The maximum Gasteiger partial charge on any atom is 0.373 e. The first-order chi connectivity index (χ1) is 49.9. The van der Waals surface area contributed by atoms with Gasteiger partial charge in [0.1, 0.15) is 53.2 Å². The van der Waals surface area contributed by atoms with E-state index in [0.29, 0.717) is 31.0 Å². The van der Waals surface area contributed by atoms with Gasteiger partial charge in [-0.05, 0) is 221 Å². The minimum atomic E-state index is -0.486. The lowest BCUT2D eigenvalue weighted by Gasteiger charge is -2.36. The van der Waals surface area contributed by atoms with E-state index in [4.69, 9.17) is 53.3 Å². The fourth-order valence-corrected chi connectivity index (χ4v) is 12.5. The Morgan fingerprint density at radius 3 is 0.923 bits per heavy atom. The number of nitrogens with one attached hydrogen (secondary N) is 4. The van der Waals surface area contributed by atoms with E-state index in [2.05, 4.69) is 81.6 Å². The predicted molar refractivity (Wildman–Crippen MR) is 414 cm³/mol. The molecule has 6 fully saturated rings. The van der Waals surface area contributed by atoms with Crippen molar-refractivity contribution in [3.63, 3.8) is 0 Å². The number of hydrogen-bond donors (Lipinski definition) is 9. The lowest BCUT2D eigenvalue weighted by atomic mass is 9.80. The summed E-state index contributed by atoms with van der Waals surface area (Å²) in [5.74, 6) is 3.21. The standard InChI is InChI=1S/C18H21BFNO3.2C18H16FNO2S.C11H15BBrNO2.C5H12BNO2.C5H10BNO2/c1-19(22)21-14-10-16(11-14)24-15-6-3-12(4-7-15)13-5-8-18(23-2)17(20)9-13;2*1-21-18-7-4-13(8-17(18)19)12-2-5-15(6-3-12)22-16-9-14(10-16)20-11-23;1-12(15)14-9-6-11(7-9)16-10-4-2-8(13)3-5-10;2*1-6(9)7-4-2-5(8)3-4/h3-9,14,16,21-22H,10-11H2,1-2H3;2*2-8,14,16H,9-10H2,1H3;2-5,9,11,14-15H,6-7H2,1H3;4-5,7-9H,2-3H2,1H3;4,7,9H,2-3H2,1H3. The molecule has 0 saturated heterocycles. The molecule has 0 unspecified atom stereocenters. The van der Waals surface area contributed by atoms with E-state index < -0.39 is 28.2 Å². The summed E-state index contributed by atoms with van der Waals surface area (Å²) in [4.78, 5) is 18.4. The number of nitrogens with zero attached hydrogens (tertiary/aromatic N) is 2. The minimum absolute atomic E-state index is 0.138. The Labute approximate surface area is 627 Å². The van der Waals surface area contributed by atoms with Gasteiger partial charge in [-0.1, -0.05) is 70.5 Å². The molecular weight excluding hydrogens is 1440 g/mol. The van der Waals surface area contributed by atoms with Crippen LogP contribution in [0.25, 0.3) is 33.4 Å². The molecule has 0 radical (unpaired) electrons. The van der Waals surface area contributed by atoms with Crippen LogP contribution in [0.3, 0.4) is 0 Å². The molecule has 104 heavy (non-hydrogen) atoms. The van der Waals surface area contributed by atoms with E-state index in [0.717, 1.165) is 125 Å². The van der Waals surface area contributed by atoms with Crippen molar-refractivity contribution in [1.82, 2.24) is 20.9 Å². The third-order valence-corrected chi connectivity index (χ3v) is 18.6. The van der Waals surface area contributed by atoms with Crippen LogP contribution in [0.1, 0.15) is 77.0 Å². The summed E-state index contributed by atoms with van der Waals surface area (Å²) < 4.78 is 80.6. The number of halogens is 4. The molecule has 0 aromatic heterocycles. The van der Waals surface area contributed by atoms with Crippen molar-refractivity contribution < 1.29 is 76.3 Å². The van der Waals surface area contributed by atoms with Crippen molar-refractivity contribution in [2.75, 3.05) is 21.3 Å². The number of hydrogen-bond acceptors (Lipinski definition) is 21. The zero-order valence-corrected chi connectivity index (χ0v) is 62.5. The van der Waals surface area contributed by atoms with Crippen molar-refractivity contribution in [1.29, 1.82) is 0 Å². The zero-order chi connectivity index (χ0) is 74.8.